The largest absolute Gasteiger partial charge is 0.340 e. The zero-order valence-electron chi connectivity index (χ0n) is 10.8. The van der Waals surface area contributed by atoms with Gasteiger partial charge in [-0.3, -0.25) is 9.48 Å². The Morgan fingerprint density at radius 1 is 1.50 bits per heavy atom. The van der Waals surface area contributed by atoms with Crippen LogP contribution >= 0.6 is 0 Å². The van der Waals surface area contributed by atoms with Crippen molar-refractivity contribution < 1.29 is 4.79 Å². The lowest BCUT2D eigenvalue weighted by Gasteiger charge is -2.24. The molecule has 2 fully saturated rings. The van der Waals surface area contributed by atoms with Crippen LogP contribution in [0.4, 0.5) is 0 Å². The van der Waals surface area contributed by atoms with E-state index in [0.29, 0.717) is 5.41 Å². The van der Waals surface area contributed by atoms with Gasteiger partial charge < -0.3 is 10.2 Å². The molecule has 2 atom stereocenters. The van der Waals surface area contributed by atoms with Crippen LogP contribution in [0.25, 0.3) is 0 Å². The minimum absolute atomic E-state index is 0.190. The third-order valence-corrected chi connectivity index (χ3v) is 4.36. The first-order valence-electron chi connectivity index (χ1n) is 6.69. The standard InChI is InChI=1S/C13H20N4O/c1-11(17-7-2-5-15-17)12(18)16-8-4-13(10-16)3-6-14-9-13/h2,5,7,11,14H,3-4,6,8-10H2,1H3. The van der Waals surface area contributed by atoms with Gasteiger partial charge >= 0.3 is 0 Å². The summed E-state index contributed by atoms with van der Waals surface area (Å²) in [5.74, 6) is 0.197. The van der Waals surface area contributed by atoms with Crippen molar-refractivity contribution >= 4 is 5.91 Å². The number of aromatic nitrogens is 2. The summed E-state index contributed by atoms with van der Waals surface area (Å²) in [7, 11) is 0. The summed E-state index contributed by atoms with van der Waals surface area (Å²) in [6.45, 7) is 5.88. The molecule has 18 heavy (non-hydrogen) atoms. The third-order valence-electron chi connectivity index (χ3n) is 4.36. The van der Waals surface area contributed by atoms with Crippen molar-refractivity contribution in [3.05, 3.63) is 18.5 Å². The zero-order chi connectivity index (χ0) is 12.6. The molecule has 3 rings (SSSR count). The molecule has 2 aliphatic heterocycles. The number of likely N-dealkylation sites (tertiary alicyclic amines) is 1. The number of hydrogen-bond donors (Lipinski definition) is 1. The molecule has 5 heteroatoms. The molecule has 1 aromatic rings. The zero-order valence-corrected chi connectivity index (χ0v) is 10.8. The second-order valence-corrected chi connectivity index (χ2v) is 5.60. The average molecular weight is 248 g/mol. The van der Waals surface area contributed by atoms with E-state index in [-0.39, 0.29) is 11.9 Å². The topological polar surface area (TPSA) is 50.2 Å². The van der Waals surface area contributed by atoms with Gasteiger partial charge in [-0.15, -0.1) is 0 Å². The van der Waals surface area contributed by atoms with Crippen LogP contribution in [0.2, 0.25) is 0 Å². The molecule has 1 N–H and O–H groups in total. The van der Waals surface area contributed by atoms with Gasteiger partial charge in [0.25, 0.3) is 0 Å². The molecule has 2 aliphatic rings. The van der Waals surface area contributed by atoms with E-state index in [2.05, 4.69) is 10.4 Å². The van der Waals surface area contributed by atoms with Crippen LogP contribution in [0.3, 0.4) is 0 Å². The minimum atomic E-state index is -0.190. The van der Waals surface area contributed by atoms with Crippen LogP contribution in [-0.2, 0) is 4.79 Å². The van der Waals surface area contributed by atoms with E-state index >= 15 is 0 Å². The lowest BCUT2D eigenvalue weighted by molar-refractivity contribution is -0.133. The molecule has 2 unspecified atom stereocenters. The summed E-state index contributed by atoms with van der Waals surface area (Å²) < 4.78 is 1.74. The van der Waals surface area contributed by atoms with Gasteiger partial charge in [0, 0.05) is 37.4 Å². The molecule has 0 saturated carbocycles. The molecule has 5 nitrogen and oxygen atoms in total. The Labute approximate surface area is 107 Å². The molecule has 2 saturated heterocycles. The molecule has 1 amide bonds. The molecule has 0 aliphatic carbocycles. The summed E-state index contributed by atoms with van der Waals surface area (Å²) >= 11 is 0. The number of rotatable bonds is 2. The second kappa shape index (κ2) is 4.39. The molecule has 0 aromatic carbocycles. The smallest absolute Gasteiger partial charge is 0.247 e. The van der Waals surface area contributed by atoms with E-state index in [1.807, 2.05) is 24.1 Å². The van der Waals surface area contributed by atoms with Crippen molar-refractivity contribution in [2.24, 2.45) is 5.41 Å². The maximum Gasteiger partial charge on any atom is 0.247 e. The van der Waals surface area contributed by atoms with Crippen LogP contribution in [-0.4, -0.2) is 46.8 Å². The van der Waals surface area contributed by atoms with E-state index < -0.39 is 0 Å². The second-order valence-electron chi connectivity index (χ2n) is 5.60. The lowest BCUT2D eigenvalue weighted by Crippen LogP contribution is -2.37. The number of amides is 1. The van der Waals surface area contributed by atoms with Crippen molar-refractivity contribution in [1.29, 1.82) is 0 Å². The van der Waals surface area contributed by atoms with Crippen LogP contribution in [0.15, 0.2) is 18.5 Å². The molecule has 3 heterocycles. The van der Waals surface area contributed by atoms with Crippen molar-refractivity contribution in [2.75, 3.05) is 26.2 Å². The number of carbonyl (C=O) groups is 1. The van der Waals surface area contributed by atoms with Gasteiger partial charge in [-0.25, -0.2) is 0 Å². The summed E-state index contributed by atoms with van der Waals surface area (Å²) in [4.78, 5) is 14.4. The number of nitrogens with zero attached hydrogens (tertiary/aromatic N) is 3. The van der Waals surface area contributed by atoms with Gasteiger partial charge in [-0.1, -0.05) is 0 Å². The number of nitrogens with one attached hydrogen (secondary N) is 1. The van der Waals surface area contributed by atoms with Gasteiger partial charge in [0.15, 0.2) is 0 Å². The Morgan fingerprint density at radius 2 is 2.39 bits per heavy atom. The van der Waals surface area contributed by atoms with Gasteiger partial charge in [0.05, 0.1) is 0 Å². The molecular formula is C13H20N4O. The maximum atomic E-state index is 12.4. The average Bonchev–Trinajstić information content (AvgIpc) is 3.10. The highest BCUT2D eigenvalue weighted by atomic mass is 16.2. The minimum Gasteiger partial charge on any atom is -0.340 e. The fourth-order valence-electron chi connectivity index (χ4n) is 3.15. The third kappa shape index (κ3) is 1.92. The Kier molecular flexibility index (Phi) is 2.86. The fraction of sp³-hybridized carbons (Fsp3) is 0.692. The molecule has 98 valence electrons. The first-order chi connectivity index (χ1) is 8.70. The summed E-state index contributed by atoms with van der Waals surface area (Å²) in [6, 6.07) is 1.67. The first-order valence-corrected chi connectivity index (χ1v) is 6.69. The monoisotopic (exact) mass is 248 g/mol. The van der Waals surface area contributed by atoms with Crippen LogP contribution in [0, 0.1) is 5.41 Å². The van der Waals surface area contributed by atoms with E-state index in [1.54, 1.807) is 10.9 Å². The summed E-state index contributed by atoms with van der Waals surface area (Å²) in [5.41, 5.74) is 0.347. The van der Waals surface area contributed by atoms with Crippen molar-refractivity contribution in [3.8, 4) is 0 Å². The van der Waals surface area contributed by atoms with Crippen molar-refractivity contribution in [2.45, 2.75) is 25.8 Å². The summed E-state index contributed by atoms with van der Waals surface area (Å²) in [5, 5.41) is 7.57. The molecule has 1 aromatic heterocycles. The highest BCUT2D eigenvalue weighted by molar-refractivity contribution is 5.80. The van der Waals surface area contributed by atoms with Crippen LogP contribution in [0.5, 0.6) is 0 Å². The predicted molar refractivity (Wildman–Crippen MR) is 68.1 cm³/mol. The number of carbonyl (C=O) groups excluding carboxylic acids is 1. The Balaban J connectivity index is 1.67. The van der Waals surface area contributed by atoms with Gasteiger partial charge in [-0.05, 0) is 32.4 Å². The molecule has 1 spiro atoms. The maximum absolute atomic E-state index is 12.4. The Hall–Kier alpha value is -1.36. The first kappa shape index (κ1) is 11.7. The van der Waals surface area contributed by atoms with E-state index in [4.69, 9.17) is 0 Å². The Morgan fingerprint density at radius 3 is 3.06 bits per heavy atom. The van der Waals surface area contributed by atoms with E-state index in [9.17, 15) is 4.79 Å². The Bertz CT molecular complexity index is 422. The van der Waals surface area contributed by atoms with Crippen molar-refractivity contribution in [1.82, 2.24) is 20.0 Å². The SMILES string of the molecule is CC(C(=O)N1CCC2(CCNC2)C1)n1cccn1. The fourth-order valence-corrected chi connectivity index (χ4v) is 3.15. The molecular weight excluding hydrogens is 228 g/mol. The highest BCUT2D eigenvalue weighted by Crippen LogP contribution is 2.36. The highest BCUT2D eigenvalue weighted by Gasteiger charge is 2.42. The number of hydrogen-bond acceptors (Lipinski definition) is 3. The molecule has 0 bridgehead atoms. The predicted octanol–water partition coefficient (Wildman–Crippen LogP) is 0.656. The van der Waals surface area contributed by atoms with Gasteiger partial charge in [0.1, 0.15) is 6.04 Å². The van der Waals surface area contributed by atoms with Gasteiger partial charge in [0.2, 0.25) is 5.91 Å². The van der Waals surface area contributed by atoms with Crippen LogP contribution in [0.1, 0.15) is 25.8 Å². The lowest BCUT2D eigenvalue weighted by atomic mass is 9.86. The molecule has 0 radical (unpaired) electrons. The van der Waals surface area contributed by atoms with Gasteiger partial charge in [-0.2, -0.15) is 5.10 Å². The van der Waals surface area contributed by atoms with E-state index in [1.165, 1.54) is 6.42 Å². The normalized spacial score (nSPS) is 29.1. The summed E-state index contributed by atoms with van der Waals surface area (Å²) in [6.07, 6.45) is 5.91. The quantitative estimate of drug-likeness (QED) is 0.836. The van der Waals surface area contributed by atoms with E-state index in [0.717, 1.165) is 32.6 Å². The van der Waals surface area contributed by atoms with Crippen LogP contribution < -0.4 is 5.32 Å². The van der Waals surface area contributed by atoms with Crippen molar-refractivity contribution in [3.63, 3.8) is 0 Å².